The van der Waals surface area contributed by atoms with Crippen LogP contribution in [-0.4, -0.2) is 10.9 Å². The van der Waals surface area contributed by atoms with Gasteiger partial charge < -0.3 is 5.73 Å². The van der Waals surface area contributed by atoms with Crippen molar-refractivity contribution in [3.8, 4) is 0 Å². The van der Waals surface area contributed by atoms with Crippen LogP contribution in [0.2, 0.25) is 0 Å². The molecular weight excluding hydrogens is 208 g/mol. The molecule has 0 saturated heterocycles. The van der Waals surface area contributed by atoms with Crippen LogP contribution in [0.3, 0.4) is 0 Å². The van der Waals surface area contributed by atoms with Gasteiger partial charge >= 0.3 is 0 Å². The van der Waals surface area contributed by atoms with Crippen molar-refractivity contribution in [3.63, 3.8) is 0 Å². The Labute approximate surface area is 91.6 Å². The summed E-state index contributed by atoms with van der Waals surface area (Å²) in [4.78, 5) is 16.4. The highest BCUT2D eigenvalue weighted by Gasteiger charge is 2.08. The number of nitrogens with zero attached hydrogens (tertiary/aromatic N) is 1. The summed E-state index contributed by atoms with van der Waals surface area (Å²) in [5, 5.41) is 2.01. The summed E-state index contributed by atoms with van der Waals surface area (Å²) in [5.74, 6) is -0.399. The zero-order chi connectivity index (χ0) is 10.7. The van der Waals surface area contributed by atoms with Crippen LogP contribution in [-0.2, 0) is 6.42 Å². The van der Waals surface area contributed by atoms with Gasteiger partial charge in [0.25, 0.3) is 0 Å². The number of carbonyl (C=O) groups is 1. The fourth-order valence-electron chi connectivity index (χ4n) is 1.41. The van der Waals surface area contributed by atoms with Crippen LogP contribution in [0.4, 0.5) is 0 Å². The Bertz CT molecular complexity index is 465. The second kappa shape index (κ2) is 4.23. The van der Waals surface area contributed by atoms with E-state index in [4.69, 9.17) is 5.73 Å². The predicted molar refractivity (Wildman–Crippen MR) is 59.9 cm³/mol. The number of hydrogen-bond acceptors (Lipinski definition) is 3. The number of amides is 1. The first kappa shape index (κ1) is 9.86. The second-order valence-corrected chi connectivity index (χ2v) is 4.19. The number of primary amides is 1. The fraction of sp³-hybridized carbons (Fsp3) is 0.0909. The lowest BCUT2D eigenvalue weighted by atomic mass is 10.1. The third-order valence-electron chi connectivity index (χ3n) is 2.11. The van der Waals surface area contributed by atoms with E-state index in [1.54, 1.807) is 29.8 Å². The van der Waals surface area contributed by atoms with Crippen LogP contribution in [0.15, 0.2) is 36.0 Å². The lowest BCUT2D eigenvalue weighted by molar-refractivity contribution is 0.0999. The minimum Gasteiger partial charge on any atom is -0.366 e. The van der Waals surface area contributed by atoms with Crippen molar-refractivity contribution in [2.24, 2.45) is 5.73 Å². The number of pyridine rings is 1. The first-order chi connectivity index (χ1) is 7.27. The van der Waals surface area contributed by atoms with Crippen molar-refractivity contribution in [2.45, 2.75) is 6.42 Å². The molecule has 3 nitrogen and oxygen atoms in total. The molecular formula is C11H10N2OS. The van der Waals surface area contributed by atoms with Gasteiger partial charge in [-0.15, -0.1) is 11.3 Å². The number of nitrogens with two attached hydrogens (primary N) is 1. The average Bonchev–Trinajstić information content (AvgIpc) is 2.71. The molecule has 0 atom stereocenters. The first-order valence-corrected chi connectivity index (χ1v) is 5.40. The van der Waals surface area contributed by atoms with E-state index in [0.29, 0.717) is 12.0 Å². The van der Waals surface area contributed by atoms with Gasteiger partial charge in [-0.25, -0.2) is 0 Å². The topological polar surface area (TPSA) is 56.0 Å². The molecule has 0 aliphatic rings. The molecule has 2 heterocycles. The third kappa shape index (κ3) is 2.22. The molecule has 0 bridgehead atoms. The number of thiophene rings is 1. The van der Waals surface area contributed by atoms with Crippen molar-refractivity contribution in [1.29, 1.82) is 0 Å². The normalized spacial score (nSPS) is 10.1. The molecule has 0 aromatic carbocycles. The fourth-order valence-corrected chi connectivity index (χ4v) is 2.14. The van der Waals surface area contributed by atoms with Crippen molar-refractivity contribution in [1.82, 2.24) is 4.98 Å². The van der Waals surface area contributed by atoms with Gasteiger partial charge in [-0.05, 0) is 23.1 Å². The maximum absolute atomic E-state index is 11.1. The molecule has 76 valence electrons. The molecule has 0 fully saturated rings. The summed E-state index contributed by atoms with van der Waals surface area (Å²) in [6, 6.07) is 5.67. The molecule has 2 rings (SSSR count). The standard InChI is InChI=1S/C11H10N2OS/c12-11(14)10-3-4-13-7-8(10)6-9-2-1-5-15-9/h1-5,7H,6H2,(H2,12,14). The largest absolute Gasteiger partial charge is 0.366 e. The summed E-state index contributed by atoms with van der Waals surface area (Å²) in [6.07, 6.45) is 3.99. The summed E-state index contributed by atoms with van der Waals surface area (Å²) >= 11 is 1.66. The molecule has 0 unspecified atom stereocenters. The van der Waals surface area contributed by atoms with Crippen LogP contribution >= 0.6 is 11.3 Å². The Hall–Kier alpha value is -1.68. The highest BCUT2D eigenvalue weighted by atomic mass is 32.1. The maximum Gasteiger partial charge on any atom is 0.249 e. The molecule has 1 amide bonds. The second-order valence-electron chi connectivity index (χ2n) is 3.15. The van der Waals surface area contributed by atoms with Crippen molar-refractivity contribution in [3.05, 3.63) is 52.0 Å². The Morgan fingerprint density at radius 2 is 2.33 bits per heavy atom. The van der Waals surface area contributed by atoms with Gasteiger partial charge in [0.15, 0.2) is 0 Å². The molecule has 0 spiro atoms. The lowest BCUT2D eigenvalue weighted by Crippen LogP contribution is -2.13. The molecule has 0 aliphatic heterocycles. The van der Waals surface area contributed by atoms with E-state index in [-0.39, 0.29) is 0 Å². The summed E-state index contributed by atoms with van der Waals surface area (Å²) in [6.45, 7) is 0. The van der Waals surface area contributed by atoms with Crippen LogP contribution in [0, 0.1) is 0 Å². The molecule has 2 aromatic rings. The van der Waals surface area contributed by atoms with Crippen molar-refractivity contribution >= 4 is 17.2 Å². The van der Waals surface area contributed by atoms with E-state index in [1.807, 2.05) is 17.5 Å². The smallest absolute Gasteiger partial charge is 0.249 e. The molecule has 2 N–H and O–H groups in total. The Balaban J connectivity index is 2.32. The third-order valence-corrected chi connectivity index (χ3v) is 2.99. The van der Waals surface area contributed by atoms with Crippen molar-refractivity contribution in [2.75, 3.05) is 0 Å². The first-order valence-electron chi connectivity index (χ1n) is 4.52. The minimum atomic E-state index is -0.399. The van der Waals surface area contributed by atoms with Gasteiger partial charge in [-0.2, -0.15) is 0 Å². The SMILES string of the molecule is NC(=O)c1ccncc1Cc1cccs1. The molecule has 4 heteroatoms. The van der Waals surface area contributed by atoms with Crippen LogP contribution in [0.5, 0.6) is 0 Å². The molecule has 2 aromatic heterocycles. The summed E-state index contributed by atoms with van der Waals surface area (Å²) in [5.41, 5.74) is 6.72. The summed E-state index contributed by atoms with van der Waals surface area (Å²) < 4.78 is 0. The highest BCUT2D eigenvalue weighted by molar-refractivity contribution is 7.09. The molecule has 15 heavy (non-hydrogen) atoms. The average molecular weight is 218 g/mol. The van der Waals surface area contributed by atoms with Gasteiger partial charge in [0.05, 0.1) is 0 Å². The van der Waals surface area contributed by atoms with Crippen LogP contribution in [0.1, 0.15) is 20.8 Å². The minimum absolute atomic E-state index is 0.399. The predicted octanol–water partition coefficient (Wildman–Crippen LogP) is 1.83. The van der Waals surface area contributed by atoms with E-state index in [2.05, 4.69) is 4.98 Å². The molecule has 0 aliphatic carbocycles. The van der Waals surface area contributed by atoms with Gasteiger partial charge in [-0.3, -0.25) is 9.78 Å². The Morgan fingerprint density at radius 1 is 1.47 bits per heavy atom. The Kier molecular flexibility index (Phi) is 2.78. The monoisotopic (exact) mass is 218 g/mol. The van der Waals surface area contributed by atoms with E-state index in [1.165, 1.54) is 4.88 Å². The number of carbonyl (C=O) groups excluding carboxylic acids is 1. The van der Waals surface area contributed by atoms with Gasteiger partial charge in [0, 0.05) is 29.3 Å². The zero-order valence-electron chi connectivity index (χ0n) is 8.01. The quantitative estimate of drug-likeness (QED) is 0.854. The Morgan fingerprint density at radius 3 is 3.00 bits per heavy atom. The lowest BCUT2D eigenvalue weighted by Gasteiger charge is -2.03. The van der Waals surface area contributed by atoms with Gasteiger partial charge in [0.1, 0.15) is 0 Å². The highest BCUT2D eigenvalue weighted by Crippen LogP contribution is 2.16. The number of hydrogen-bond donors (Lipinski definition) is 1. The van der Waals surface area contributed by atoms with Crippen LogP contribution in [0.25, 0.3) is 0 Å². The number of aromatic nitrogens is 1. The van der Waals surface area contributed by atoms with E-state index >= 15 is 0 Å². The van der Waals surface area contributed by atoms with Crippen LogP contribution < -0.4 is 5.73 Å². The molecule has 0 saturated carbocycles. The van der Waals surface area contributed by atoms with E-state index < -0.39 is 5.91 Å². The zero-order valence-corrected chi connectivity index (χ0v) is 8.83. The van der Waals surface area contributed by atoms with Crippen molar-refractivity contribution < 1.29 is 4.79 Å². The summed E-state index contributed by atoms with van der Waals surface area (Å²) in [7, 11) is 0. The van der Waals surface area contributed by atoms with Gasteiger partial charge in [0.2, 0.25) is 5.91 Å². The number of rotatable bonds is 3. The van der Waals surface area contributed by atoms with Gasteiger partial charge in [-0.1, -0.05) is 6.07 Å². The maximum atomic E-state index is 11.1. The molecule has 0 radical (unpaired) electrons. The van der Waals surface area contributed by atoms with E-state index in [0.717, 1.165) is 5.56 Å². The van der Waals surface area contributed by atoms with E-state index in [9.17, 15) is 4.79 Å².